The van der Waals surface area contributed by atoms with E-state index >= 15 is 0 Å². The maximum absolute atomic E-state index is 12.3. The number of aromatic nitrogens is 1. The highest BCUT2D eigenvalue weighted by molar-refractivity contribution is 5.80. The van der Waals surface area contributed by atoms with Crippen LogP contribution in [-0.4, -0.2) is 10.9 Å². The summed E-state index contributed by atoms with van der Waals surface area (Å²) in [6, 6.07) is 16.2. The molecule has 0 saturated carbocycles. The molecule has 128 valence electrons. The summed E-state index contributed by atoms with van der Waals surface area (Å²) in [6.07, 6.45) is 5.80. The third kappa shape index (κ3) is 4.67. The van der Waals surface area contributed by atoms with Gasteiger partial charge in [0.05, 0.1) is 18.3 Å². The Morgan fingerprint density at radius 1 is 1.16 bits per heavy atom. The molecule has 0 aliphatic heterocycles. The number of nitrogens with zero attached hydrogens (tertiary/aromatic N) is 2. The van der Waals surface area contributed by atoms with E-state index in [-0.39, 0.29) is 5.91 Å². The van der Waals surface area contributed by atoms with Crippen molar-refractivity contribution in [2.24, 2.45) is 5.92 Å². The van der Waals surface area contributed by atoms with Gasteiger partial charge in [-0.05, 0) is 55.7 Å². The lowest BCUT2D eigenvalue weighted by Gasteiger charge is -2.16. The minimum absolute atomic E-state index is 0.210. The van der Waals surface area contributed by atoms with Gasteiger partial charge in [0.2, 0.25) is 5.91 Å². The molecule has 1 aliphatic carbocycles. The Kier molecular flexibility index (Phi) is 5.79. The van der Waals surface area contributed by atoms with Gasteiger partial charge in [0, 0.05) is 5.69 Å². The van der Waals surface area contributed by atoms with E-state index in [0.29, 0.717) is 13.0 Å². The molecule has 0 spiro atoms. The average Bonchev–Trinajstić information content (AvgIpc) is 2.67. The molecule has 1 amide bonds. The van der Waals surface area contributed by atoms with Gasteiger partial charge < -0.3 is 5.32 Å². The monoisotopic (exact) mass is 333 g/mol. The van der Waals surface area contributed by atoms with E-state index in [9.17, 15) is 10.1 Å². The molecule has 1 N–H and O–H groups in total. The number of nitriles is 1. The maximum atomic E-state index is 12.3. The highest BCUT2D eigenvalue weighted by atomic mass is 16.1. The third-order valence-electron chi connectivity index (χ3n) is 4.72. The molecule has 1 aromatic heterocycles. The van der Waals surface area contributed by atoms with E-state index in [4.69, 9.17) is 0 Å². The van der Waals surface area contributed by atoms with Gasteiger partial charge in [-0.15, -0.1) is 0 Å². The number of benzene rings is 1. The second-order valence-corrected chi connectivity index (χ2v) is 6.54. The Morgan fingerprint density at radius 3 is 2.76 bits per heavy atom. The maximum Gasteiger partial charge on any atom is 0.237 e. The van der Waals surface area contributed by atoms with Gasteiger partial charge in [0.1, 0.15) is 5.92 Å². The standard InChI is InChI=1S/C21H23N3O/c22-14-18(11-10-16-6-2-1-3-7-16)21(25)23-15-19-13-12-17-8-4-5-9-20(17)24-19/h1-3,6-7,12-13,18H,4-5,8-11,15H2,(H,23,25). The topological polar surface area (TPSA) is 65.8 Å². The second-order valence-electron chi connectivity index (χ2n) is 6.54. The molecule has 0 saturated heterocycles. The van der Waals surface area contributed by atoms with Crippen molar-refractivity contribution >= 4 is 5.91 Å². The van der Waals surface area contributed by atoms with Gasteiger partial charge in [-0.25, -0.2) is 0 Å². The molecule has 0 radical (unpaired) electrons. The Balaban J connectivity index is 1.53. The van der Waals surface area contributed by atoms with Crippen LogP contribution in [0, 0.1) is 17.2 Å². The summed E-state index contributed by atoms with van der Waals surface area (Å²) in [6.45, 7) is 0.385. The summed E-state index contributed by atoms with van der Waals surface area (Å²) in [7, 11) is 0. The summed E-state index contributed by atoms with van der Waals surface area (Å²) in [5, 5.41) is 12.2. The molecule has 4 nitrogen and oxygen atoms in total. The number of hydrogen-bond donors (Lipinski definition) is 1. The fourth-order valence-electron chi connectivity index (χ4n) is 3.24. The van der Waals surface area contributed by atoms with Crippen LogP contribution in [0.25, 0.3) is 0 Å². The lowest BCUT2D eigenvalue weighted by molar-refractivity contribution is -0.123. The van der Waals surface area contributed by atoms with Crippen LogP contribution in [0.4, 0.5) is 0 Å². The van der Waals surface area contributed by atoms with Gasteiger partial charge in [-0.2, -0.15) is 5.26 Å². The number of pyridine rings is 1. The highest BCUT2D eigenvalue weighted by Gasteiger charge is 2.18. The highest BCUT2D eigenvalue weighted by Crippen LogP contribution is 2.19. The second kappa shape index (κ2) is 8.43. The van der Waals surface area contributed by atoms with Crippen molar-refractivity contribution in [1.29, 1.82) is 5.26 Å². The largest absolute Gasteiger partial charge is 0.349 e. The lowest BCUT2D eigenvalue weighted by Crippen LogP contribution is -2.30. The molecule has 25 heavy (non-hydrogen) atoms. The normalized spacial score (nSPS) is 14.2. The van der Waals surface area contributed by atoms with Gasteiger partial charge in [-0.1, -0.05) is 36.4 Å². The zero-order chi connectivity index (χ0) is 17.5. The van der Waals surface area contributed by atoms with Gasteiger partial charge >= 0.3 is 0 Å². The predicted octanol–water partition coefficient (Wildman–Crippen LogP) is 3.35. The Hall–Kier alpha value is -2.67. The van der Waals surface area contributed by atoms with Crippen LogP contribution >= 0.6 is 0 Å². The summed E-state index contributed by atoms with van der Waals surface area (Å²) < 4.78 is 0. The van der Waals surface area contributed by atoms with Crippen LogP contribution < -0.4 is 5.32 Å². The van der Waals surface area contributed by atoms with E-state index in [0.717, 1.165) is 30.5 Å². The molecule has 3 rings (SSSR count). The number of fused-ring (bicyclic) bond motifs is 1. The van der Waals surface area contributed by atoms with E-state index in [1.165, 1.54) is 24.1 Å². The molecule has 0 fully saturated rings. The number of amides is 1. The number of hydrogen-bond acceptors (Lipinski definition) is 3. The quantitative estimate of drug-likeness (QED) is 0.881. The van der Waals surface area contributed by atoms with Crippen LogP contribution in [0.3, 0.4) is 0 Å². The van der Waals surface area contributed by atoms with Crippen molar-refractivity contribution in [3.05, 3.63) is 65.0 Å². The van der Waals surface area contributed by atoms with Crippen LogP contribution in [0.5, 0.6) is 0 Å². The zero-order valence-corrected chi connectivity index (χ0v) is 14.4. The van der Waals surface area contributed by atoms with Gasteiger partial charge in [0.15, 0.2) is 0 Å². The molecule has 1 heterocycles. The Morgan fingerprint density at radius 2 is 1.96 bits per heavy atom. The minimum Gasteiger partial charge on any atom is -0.349 e. The smallest absolute Gasteiger partial charge is 0.237 e. The summed E-state index contributed by atoms with van der Waals surface area (Å²) in [5.74, 6) is -0.837. The molecular formula is C21H23N3O. The van der Waals surface area contributed by atoms with E-state index in [1.54, 1.807) is 0 Å². The first kappa shape index (κ1) is 17.2. The SMILES string of the molecule is N#CC(CCc1ccccc1)C(=O)NCc1ccc2c(n1)CCCC2. The number of nitrogens with one attached hydrogen (secondary N) is 1. The number of aryl methyl sites for hydroxylation is 3. The van der Waals surface area contributed by atoms with Crippen LogP contribution in [-0.2, 0) is 30.6 Å². The minimum atomic E-state index is -0.627. The fraction of sp³-hybridized carbons (Fsp3) is 0.381. The van der Waals surface area contributed by atoms with Crippen molar-refractivity contribution < 1.29 is 4.79 Å². The van der Waals surface area contributed by atoms with Crippen LogP contribution in [0.1, 0.15) is 41.8 Å². The molecule has 1 atom stereocenters. The third-order valence-corrected chi connectivity index (χ3v) is 4.72. The number of carbonyl (C=O) groups is 1. The van der Waals surface area contributed by atoms with E-state index < -0.39 is 5.92 Å². The molecule has 0 bridgehead atoms. The Bertz CT molecular complexity index is 764. The van der Waals surface area contributed by atoms with Crippen molar-refractivity contribution in [2.45, 2.75) is 45.1 Å². The number of rotatable bonds is 6. The predicted molar refractivity (Wildman–Crippen MR) is 96.6 cm³/mol. The average molecular weight is 333 g/mol. The fourth-order valence-corrected chi connectivity index (χ4v) is 3.24. The summed E-state index contributed by atoms with van der Waals surface area (Å²) in [4.78, 5) is 17.0. The van der Waals surface area contributed by atoms with Gasteiger partial charge in [-0.3, -0.25) is 9.78 Å². The molecule has 1 unspecified atom stereocenters. The van der Waals surface area contributed by atoms with Crippen molar-refractivity contribution in [2.75, 3.05) is 0 Å². The van der Waals surface area contributed by atoms with Crippen molar-refractivity contribution in [3.8, 4) is 6.07 Å². The first-order chi connectivity index (χ1) is 12.3. The first-order valence-electron chi connectivity index (χ1n) is 8.95. The molecule has 1 aliphatic rings. The van der Waals surface area contributed by atoms with Gasteiger partial charge in [0.25, 0.3) is 0 Å². The molecule has 1 aromatic carbocycles. The molecule has 4 heteroatoms. The summed E-state index contributed by atoms with van der Waals surface area (Å²) >= 11 is 0. The first-order valence-corrected chi connectivity index (χ1v) is 8.95. The molecule has 2 aromatic rings. The van der Waals surface area contributed by atoms with Crippen molar-refractivity contribution in [1.82, 2.24) is 10.3 Å². The van der Waals surface area contributed by atoms with Crippen molar-refractivity contribution in [3.63, 3.8) is 0 Å². The zero-order valence-electron chi connectivity index (χ0n) is 14.4. The van der Waals surface area contributed by atoms with Crippen LogP contribution in [0.15, 0.2) is 42.5 Å². The van der Waals surface area contributed by atoms with E-state index in [2.05, 4.69) is 22.4 Å². The molecular weight excluding hydrogens is 310 g/mol. The lowest BCUT2D eigenvalue weighted by atomic mass is 9.96. The Labute approximate surface area is 148 Å². The summed E-state index contributed by atoms with van der Waals surface area (Å²) in [5.41, 5.74) is 4.51. The number of carbonyl (C=O) groups excluding carboxylic acids is 1. The van der Waals surface area contributed by atoms with Crippen LogP contribution in [0.2, 0.25) is 0 Å². The van der Waals surface area contributed by atoms with E-state index in [1.807, 2.05) is 36.4 Å².